The summed E-state index contributed by atoms with van der Waals surface area (Å²) in [5, 5.41) is 4.60. The minimum atomic E-state index is 0.286. The van der Waals surface area contributed by atoms with Crippen molar-refractivity contribution in [3.05, 3.63) is 47.7 Å². The van der Waals surface area contributed by atoms with E-state index in [1.807, 2.05) is 41.9 Å². The smallest absolute Gasteiger partial charge is 0.226 e. The predicted molar refractivity (Wildman–Crippen MR) is 78.6 cm³/mol. The summed E-state index contributed by atoms with van der Waals surface area (Å²) in [4.78, 5) is 0. The van der Waals surface area contributed by atoms with Crippen LogP contribution in [0, 0.1) is 6.92 Å². The van der Waals surface area contributed by atoms with Crippen molar-refractivity contribution < 1.29 is 4.74 Å². The van der Waals surface area contributed by atoms with Crippen LogP contribution in [0.1, 0.15) is 18.2 Å². The lowest BCUT2D eigenvalue weighted by Gasteiger charge is -2.09. The van der Waals surface area contributed by atoms with Gasteiger partial charge in [-0.1, -0.05) is 18.2 Å². The lowest BCUT2D eigenvalue weighted by Crippen LogP contribution is -2.29. The fraction of sp³-hybridized carbons (Fsp3) is 0.267. The normalized spacial score (nSPS) is 17.8. The van der Waals surface area contributed by atoms with E-state index < -0.39 is 0 Å². The van der Waals surface area contributed by atoms with Crippen LogP contribution >= 0.6 is 0 Å². The van der Waals surface area contributed by atoms with E-state index in [0.717, 1.165) is 28.5 Å². The number of methoxy groups -OCH3 is 1. The van der Waals surface area contributed by atoms with Crippen LogP contribution in [-0.4, -0.2) is 22.9 Å². The van der Waals surface area contributed by atoms with E-state index in [0.29, 0.717) is 0 Å². The van der Waals surface area contributed by atoms with Gasteiger partial charge in [0.05, 0.1) is 29.8 Å². The number of para-hydroxylation sites is 1. The number of benzene rings is 1. The molecule has 0 bridgehead atoms. The number of nitrogens with one attached hydrogen (secondary N) is 2. The number of ether oxygens (including phenoxy) is 1. The van der Waals surface area contributed by atoms with Crippen molar-refractivity contribution in [3.8, 4) is 11.6 Å². The van der Waals surface area contributed by atoms with Gasteiger partial charge in [-0.2, -0.15) is 5.10 Å². The molecular formula is C15H18N4O. The Hall–Kier alpha value is -2.27. The average molecular weight is 270 g/mol. The minimum absolute atomic E-state index is 0.286. The maximum atomic E-state index is 5.59. The molecule has 0 saturated carbocycles. The average Bonchev–Trinajstić information content (AvgIpc) is 3.02. The largest absolute Gasteiger partial charge is 0.480 e. The van der Waals surface area contributed by atoms with E-state index in [9.17, 15) is 0 Å². The van der Waals surface area contributed by atoms with Gasteiger partial charge in [0.15, 0.2) is 0 Å². The topological polar surface area (TPSA) is 51.1 Å². The van der Waals surface area contributed by atoms with Crippen LogP contribution in [0.15, 0.2) is 36.4 Å². The van der Waals surface area contributed by atoms with E-state index in [4.69, 9.17) is 4.74 Å². The highest BCUT2D eigenvalue weighted by molar-refractivity contribution is 5.72. The number of hydrogen-bond acceptors (Lipinski definition) is 4. The summed E-state index contributed by atoms with van der Waals surface area (Å²) in [7, 11) is 1.67. The molecule has 0 amide bonds. The molecule has 1 atom stereocenters. The van der Waals surface area contributed by atoms with Crippen molar-refractivity contribution in [2.45, 2.75) is 19.9 Å². The highest BCUT2D eigenvalue weighted by Crippen LogP contribution is 2.31. The van der Waals surface area contributed by atoms with Gasteiger partial charge in [0.2, 0.25) is 5.88 Å². The van der Waals surface area contributed by atoms with Gasteiger partial charge in [-0.05, 0) is 32.1 Å². The summed E-state index contributed by atoms with van der Waals surface area (Å²) in [6.07, 6.45) is 2.13. The second-order valence-corrected chi connectivity index (χ2v) is 4.86. The van der Waals surface area contributed by atoms with Gasteiger partial charge in [-0.15, -0.1) is 0 Å². The Balaban J connectivity index is 2.13. The summed E-state index contributed by atoms with van der Waals surface area (Å²) in [6, 6.07) is 10.3. The molecule has 1 aliphatic heterocycles. The number of nitrogens with zero attached hydrogens (tertiary/aromatic N) is 2. The minimum Gasteiger partial charge on any atom is -0.480 e. The molecule has 0 spiro atoms. The lowest BCUT2D eigenvalue weighted by molar-refractivity contribution is 0.382. The highest BCUT2D eigenvalue weighted by Gasteiger charge is 2.23. The molecule has 0 fully saturated rings. The second kappa shape index (κ2) is 5.02. The van der Waals surface area contributed by atoms with Gasteiger partial charge in [0.1, 0.15) is 0 Å². The lowest BCUT2D eigenvalue weighted by atomic mass is 10.1. The van der Waals surface area contributed by atoms with Crippen LogP contribution in [0.5, 0.6) is 5.88 Å². The summed E-state index contributed by atoms with van der Waals surface area (Å²) in [5.74, 6) is 0.739. The first-order chi connectivity index (χ1) is 9.70. The molecular weight excluding hydrogens is 252 g/mol. The fourth-order valence-corrected chi connectivity index (χ4v) is 2.42. The zero-order valence-corrected chi connectivity index (χ0v) is 11.8. The first-order valence-electron chi connectivity index (χ1n) is 6.63. The number of hydrazine groups is 1. The van der Waals surface area contributed by atoms with E-state index in [1.54, 1.807) is 7.11 Å². The van der Waals surface area contributed by atoms with Gasteiger partial charge in [0, 0.05) is 6.04 Å². The Morgan fingerprint density at radius 1 is 1.25 bits per heavy atom. The summed E-state index contributed by atoms with van der Waals surface area (Å²) in [6.45, 7) is 4.08. The summed E-state index contributed by atoms with van der Waals surface area (Å²) >= 11 is 0. The van der Waals surface area contributed by atoms with Crippen LogP contribution in [0.25, 0.3) is 11.4 Å². The van der Waals surface area contributed by atoms with Crippen molar-refractivity contribution in [2.75, 3.05) is 7.11 Å². The van der Waals surface area contributed by atoms with E-state index in [2.05, 4.69) is 29.0 Å². The molecule has 1 aliphatic rings. The van der Waals surface area contributed by atoms with Crippen molar-refractivity contribution in [1.82, 2.24) is 20.6 Å². The summed E-state index contributed by atoms with van der Waals surface area (Å²) in [5.41, 5.74) is 10.3. The van der Waals surface area contributed by atoms with Gasteiger partial charge >= 0.3 is 0 Å². The molecule has 5 heteroatoms. The van der Waals surface area contributed by atoms with Crippen molar-refractivity contribution in [2.24, 2.45) is 0 Å². The van der Waals surface area contributed by atoms with E-state index >= 15 is 0 Å². The quantitative estimate of drug-likeness (QED) is 0.896. The molecule has 3 rings (SSSR count). The molecule has 0 aliphatic carbocycles. The third-order valence-corrected chi connectivity index (χ3v) is 3.33. The molecule has 1 aromatic carbocycles. The molecule has 5 nitrogen and oxygen atoms in total. The van der Waals surface area contributed by atoms with Crippen LogP contribution in [-0.2, 0) is 0 Å². The van der Waals surface area contributed by atoms with Gasteiger partial charge < -0.3 is 10.2 Å². The van der Waals surface area contributed by atoms with Crippen molar-refractivity contribution >= 4 is 5.70 Å². The van der Waals surface area contributed by atoms with Crippen LogP contribution in [0.4, 0.5) is 0 Å². The number of hydrogen-bond donors (Lipinski definition) is 2. The predicted octanol–water partition coefficient (Wildman–Crippen LogP) is 2.03. The van der Waals surface area contributed by atoms with Crippen LogP contribution in [0.3, 0.4) is 0 Å². The van der Waals surface area contributed by atoms with Crippen LogP contribution in [0.2, 0.25) is 0 Å². The molecule has 2 aromatic rings. The van der Waals surface area contributed by atoms with Crippen molar-refractivity contribution in [3.63, 3.8) is 0 Å². The molecule has 2 N–H and O–H groups in total. The Morgan fingerprint density at radius 3 is 2.60 bits per heavy atom. The second-order valence-electron chi connectivity index (χ2n) is 4.86. The van der Waals surface area contributed by atoms with Gasteiger partial charge in [-0.25, -0.2) is 10.1 Å². The zero-order chi connectivity index (χ0) is 14.1. The molecule has 20 heavy (non-hydrogen) atoms. The third-order valence-electron chi connectivity index (χ3n) is 3.33. The zero-order valence-electron chi connectivity index (χ0n) is 11.8. The first-order valence-corrected chi connectivity index (χ1v) is 6.63. The van der Waals surface area contributed by atoms with Crippen LogP contribution < -0.4 is 15.6 Å². The maximum absolute atomic E-state index is 5.59. The van der Waals surface area contributed by atoms with Gasteiger partial charge in [0.25, 0.3) is 0 Å². The van der Waals surface area contributed by atoms with E-state index in [-0.39, 0.29) is 6.04 Å². The monoisotopic (exact) mass is 270 g/mol. The molecule has 2 heterocycles. The van der Waals surface area contributed by atoms with E-state index in [1.165, 1.54) is 0 Å². The maximum Gasteiger partial charge on any atom is 0.226 e. The highest BCUT2D eigenvalue weighted by atomic mass is 16.5. The van der Waals surface area contributed by atoms with Gasteiger partial charge in [-0.3, -0.25) is 0 Å². The number of aromatic nitrogens is 2. The fourth-order valence-electron chi connectivity index (χ4n) is 2.42. The number of aryl methyl sites for hydroxylation is 1. The Kier molecular flexibility index (Phi) is 3.20. The molecule has 104 valence electrons. The molecule has 0 radical (unpaired) electrons. The Morgan fingerprint density at radius 2 is 2.00 bits per heavy atom. The molecule has 1 unspecified atom stereocenters. The third kappa shape index (κ3) is 2.06. The number of rotatable bonds is 3. The SMILES string of the molecule is COc1c(C2=CC(C)NN2)c(C)nn1-c1ccccc1. The Labute approximate surface area is 118 Å². The molecule has 0 saturated heterocycles. The Bertz CT molecular complexity index is 645. The van der Waals surface area contributed by atoms with Crippen molar-refractivity contribution in [1.29, 1.82) is 0 Å². The standard InChI is InChI=1S/C15H18N4O/c1-10-9-13(17-16-10)14-11(2)18-19(15(14)20-3)12-7-5-4-6-8-12/h4-10,16-17H,1-3H3. The molecule has 1 aromatic heterocycles. The summed E-state index contributed by atoms with van der Waals surface area (Å²) < 4.78 is 7.42. The first kappa shape index (κ1) is 12.7.